The summed E-state index contributed by atoms with van der Waals surface area (Å²) in [6.07, 6.45) is 0. The molecule has 0 aliphatic carbocycles. The van der Waals surface area contributed by atoms with E-state index < -0.39 is 11.9 Å². The molecule has 2 aromatic rings. The SMILES string of the molecule is COc1ccccc1OCCNC(=O)COC(=O)c1ccc(N)cc1. The maximum absolute atomic E-state index is 11.8. The zero-order valence-electron chi connectivity index (χ0n) is 13.9. The van der Waals surface area contributed by atoms with Crippen molar-refractivity contribution in [2.24, 2.45) is 0 Å². The molecule has 0 unspecified atom stereocenters. The number of hydrogen-bond donors (Lipinski definition) is 2. The Hall–Kier alpha value is -3.22. The van der Waals surface area contributed by atoms with E-state index in [0.717, 1.165) is 0 Å². The number of esters is 1. The molecule has 0 heterocycles. The van der Waals surface area contributed by atoms with Gasteiger partial charge < -0.3 is 25.3 Å². The summed E-state index contributed by atoms with van der Waals surface area (Å²) in [5, 5.41) is 2.60. The van der Waals surface area contributed by atoms with Crippen molar-refractivity contribution in [3.63, 3.8) is 0 Å². The average Bonchev–Trinajstić information content (AvgIpc) is 2.64. The van der Waals surface area contributed by atoms with Crippen LogP contribution in [0.15, 0.2) is 48.5 Å². The van der Waals surface area contributed by atoms with E-state index in [9.17, 15) is 9.59 Å². The molecule has 0 saturated heterocycles. The molecule has 7 heteroatoms. The van der Waals surface area contributed by atoms with E-state index in [2.05, 4.69) is 5.32 Å². The molecule has 1 amide bonds. The minimum atomic E-state index is -0.583. The lowest BCUT2D eigenvalue weighted by Gasteiger charge is -2.11. The predicted octanol–water partition coefficient (Wildman–Crippen LogP) is 1.63. The van der Waals surface area contributed by atoms with Gasteiger partial charge in [0.15, 0.2) is 18.1 Å². The Kier molecular flexibility index (Phi) is 6.65. The van der Waals surface area contributed by atoms with Crippen molar-refractivity contribution in [2.75, 3.05) is 32.6 Å². The molecule has 7 nitrogen and oxygen atoms in total. The Bertz CT molecular complexity index is 716. The van der Waals surface area contributed by atoms with Crippen molar-refractivity contribution >= 4 is 17.6 Å². The van der Waals surface area contributed by atoms with Crippen LogP contribution in [0.4, 0.5) is 5.69 Å². The van der Waals surface area contributed by atoms with Gasteiger partial charge in [0.2, 0.25) is 0 Å². The standard InChI is InChI=1S/C18H20N2O5/c1-23-15-4-2-3-5-16(15)24-11-10-20-17(21)12-25-18(22)13-6-8-14(19)9-7-13/h2-9H,10-12,19H2,1H3,(H,20,21). The fraction of sp³-hybridized carbons (Fsp3) is 0.222. The van der Waals surface area contributed by atoms with Crippen LogP contribution in [0.2, 0.25) is 0 Å². The van der Waals surface area contributed by atoms with Gasteiger partial charge in [0.05, 0.1) is 19.2 Å². The third-order valence-electron chi connectivity index (χ3n) is 3.23. The molecule has 0 fully saturated rings. The summed E-state index contributed by atoms with van der Waals surface area (Å²) in [5.41, 5.74) is 6.42. The number of rotatable bonds is 8. The zero-order valence-corrected chi connectivity index (χ0v) is 13.9. The molecule has 0 bridgehead atoms. The van der Waals surface area contributed by atoms with Gasteiger partial charge in [0, 0.05) is 5.69 Å². The van der Waals surface area contributed by atoms with Gasteiger partial charge in [-0.2, -0.15) is 0 Å². The van der Waals surface area contributed by atoms with Crippen molar-refractivity contribution in [3.8, 4) is 11.5 Å². The summed E-state index contributed by atoms with van der Waals surface area (Å²) in [6, 6.07) is 13.5. The van der Waals surface area contributed by atoms with Crippen LogP contribution in [-0.2, 0) is 9.53 Å². The number of hydrogen-bond acceptors (Lipinski definition) is 6. The van der Waals surface area contributed by atoms with E-state index in [1.165, 1.54) is 12.1 Å². The van der Waals surface area contributed by atoms with E-state index in [1.54, 1.807) is 31.4 Å². The van der Waals surface area contributed by atoms with Gasteiger partial charge in [0.1, 0.15) is 6.61 Å². The molecule has 132 valence electrons. The van der Waals surface area contributed by atoms with Crippen LogP contribution in [-0.4, -0.2) is 38.7 Å². The second-order valence-corrected chi connectivity index (χ2v) is 5.05. The Morgan fingerprint density at radius 1 is 1.04 bits per heavy atom. The van der Waals surface area contributed by atoms with Gasteiger partial charge in [0.25, 0.3) is 5.91 Å². The van der Waals surface area contributed by atoms with Crippen molar-refractivity contribution in [1.82, 2.24) is 5.32 Å². The number of nitrogen functional groups attached to an aromatic ring is 1. The molecular formula is C18H20N2O5. The molecule has 0 saturated carbocycles. The molecule has 25 heavy (non-hydrogen) atoms. The first-order valence-electron chi connectivity index (χ1n) is 7.65. The molecule has 0 radical (unpaired) electrons. The average molecular weight is 344 g/mol. The molecule has 0 aliphatic heterocycles. The summed E-state index contributed by atoms with van der Waals surface area (Å²) in [7, 11) is 1.55. The fourth-order valence-electron chi connectivity index (χ4n) is 1.97. The van der Waals surface area contributed by atoms with Gasteiger partial charge in [-0.15, -0.1) is 0 Å². The summed E-state index contributed by atoms with van der Waals surface area (Å²) < 4.78 is 15.6. The smallest absolute Gasteiger partial charge is 0.338 e. The highest BCUT2D eigenvalue weighted by Crippen LogP contribution is 2.25. The van der Waals surface area contributed by atoms with Gasteiger partial charge in [-0.3, -0.25) is 4.79 Å². The molecule has 0 aliphatic rings. The van der Waals surface area contributed by atoms with E-state index in [0.29, 0.717) is 22.7 Å². The molecule has 2 aromatic carbocycles. The molecule has 0 aromatic heterocycles. The van der Waals surface area contributed by atoms with Crippen molar-refractivity contribution in [3.05, 3.63) is 54.1 Å². The second kappa shape index (κ2) is 9.17. The Balaban J connectivity index is 1.67. The van der Waals surface area contributed by atoms with Gasteiger partial charge >= 0.3 is 5.97 Å². The Morgan fingerprint density at radius 2 is 1.72 bits per heavy atom. The summed E-state index contributed by atoms with van der Waals surface area (Å²) in [5.74, 6) is 0.216. The normalized spacial score (nSPS) is 9.96. The van der Waals surface area contributed by atoms with Crippen LogP contribution in [0.3, 0.4) is 0 Å². The van der Waals surface area contributed by atoms with Crippen LogP contribution in [0.25, 0.3) is 0 Å². The van der Waals surface area contributed by atoms with Crippen LogP contribution in [0.5, 0.6) is 11.5 Å². The van der Waals surface area contributed by atoms with Crippen LogP contribution in [0, 0.1) is 0 Å². The monoisotopic (exact) mass is 344 g/mol. The summed E-state index contributed by atoms with van der Waals surface area (Å²) in [4.78, 5) is 23.4. The van der Waals surface area contributed by atoms with E-state index in [1.807, 2.05) is 12.1 Å². The van der Waals surface area contributed by atoms with E-state index in [-0.39, 0.29) is 19.8 Å². The number of methoxy groups -OCH3 is 1. The number of carbonyl (C=O) groups excluding carboxylic acids is 2. The first kappa shape index (κ1) is 18.1. The third kappa shape index (κ3) is 5.72. The topological polar surface area (TPSA) is 99.9 Å². The van der Waals surface area contributed by atoms with Gasteiger partial charge in [-0.25, -0.2) is 4.79 Å². The molecule has 0 atom stereocenters. The van der Waals surface area contributed by atoms with Gasteiger partial charge in [-0.05, 0) is 36.4 Å². The van der Waals surface area contributed by atoms with Crippen molar-refractivity contribution < 1.29 is 23.8 Å². The number of nitrogens with two attached hydrogens (primary N) is 1. The number of anilines is 1. The van der Waals surface area contributed by atoms with Crippen molar-refractivity contribution in [2.45, 2.75) is 0 Å². The maximum atomic E-state index is 11.8. The molecule has 2 rings (SSSR count). The van der Waals surface area contributed by atoms with Gasteiger partial charge in [-0.1, -0.05) is 12.1 Å². The maximum Gasteiger partial charge on any atom is 0.338 e. The largest absolute Gasteiger partial charge is 0.493 e. The molecular weight excluding hydrogens is 324 g/mol. The molecule has 3 N–H and O–H groups in total. The quantitative estimate of drug-likeness (QED) is 0.429. The Morgan fingerprint density at radius 3 is 2.40 bits per heavy atom. The van der Waals surface area contributed by atoms with Crippen LogP contribution in [0.1, 0.15) is 10.4 Å². The number of carbonyl (C=O) groups is 2. The van der Waals surface area contributed by atoms with E-state index in [4.69, 9.17) is 19.9 Å². The highest BCUT2D eigenvalue weighted by Gasteiger charge is 2.10. The number of nitrogens with one attached hydrogen (secondary N) is 1. The first-order valence-corrected chi connectivity index (χ1v) is 7.65. The highest BCUT2D eigenvalue weighted by atomic mass is 16.5. The van der Waals surface area contributed by atoms with Crippen molar-refractivity contribution in [1.29, 1.82) is 0 Å². The first-order chi connectivity index (χ1) is 12.1. The molecule has 0 spiro atoms. The summed E-state index contributed by atoms with van der Waals surface area (Å²) >= 11 is 0. The minimum absolute atomic E-state index is 0.262. The minimum Gasteiger partial charge on any atom is -0.493 e. The van der Waals surface area contributed by atoms with E-state index >= 15 is 0 Å². The Labute approximate surface area is 145 Å². The number of ether oxygens (including phenoxy) is 3. The number of amides is 1. The number of para-hydroxylation sites is 2. The van der Waals surface area contributed by atoms with Crippen LogP contribution < -0.4 is 20.5 Å². The fourth-order valence-corrected chi connectivity index (χ4v) is 1.97. The van der Waals surface area contributed by atoms with Crippen LogP contribution >= 0.6 is 0 Å². The zero-order chi connectivity index (χ0) is 18.1. The lowest BCUT2D eigenvalue weighted by molar-refractivity contribution is -0.124. The lowest BCUT2D eigenvalue weighted by Crippen LogP contribution is -2.32. The lowest BCUT2D eigenvalue weighted by atomic mass is 10.2. The second-order valence-electron chi connectivity index (χ2n) is 5.05. The predicted molar refractivity (Wildman–Crippen MR) is 92.6 cm³/mol. The highest BCUT2D eigenvalue weighted by molar-refractivity contribution is 5.91. The summed E-state index contributed by atoms with van der Waals surface area (Å²) in [6.45, 7) is 0.173. The third-order valence-corrected chi connectivity index (χ3v) is 3.23. The number of benzene rings is 2.